The minimum absolute atomic E-state index is 0.355. The molecule has 1 aromatic carbocycles. The second kappa shape index (κ2) is 8.16. The van der Waals surface area contributed by atoms with Crippen molar-refractivity contribution in [2.75, 3.05) is 13.2 Å². The fourth-order valence-corrected chi connectivity index (χ4v) is 3.46. The lowest BCUT2D eigenvalue weighted by Gasteiger charge is -2.31. The summed E-state index contributed by atoms with van der Waals surface area (Å²) < 4.78 is 1.13. The maximum absolute atomic E-state index is 9.46. The van der Waals surface area contributed by atoms with Gasteiger partial charge < -0.3 is 10.4 Å². The Hall–Kier alpha value is -0.380. The zero-order chi connectivity index (χ0) is 14.4. The molecule has 0 heterocycles. The first kappa shape index (κ1) is 16.0. The van der Waals surface area contributed by atoms with Crippen LogP contribution in [0.4, 0.5) is 0 Å². The smallest absolute Gasteiger partial charge is 0.0462 e. The van der Waals surface area contributed by atoms with Crippen molar-refractivity contribution >= 4 is 15.9 Å². The average Bonchev–Trinajstić information content (AvgIpc) is 2.48. The van der Waals surface area contributed by atoms with Gasteiger partial charge >= 0.3 is 0 Å². The summed E-state index contributed by atoms with van der Waals surface area (Å²) in [5.41, 5.74) is 1.37. The molecule has 0 aromatic heterocycles. The van der Waals surface area contributed by atoms with Crippen molar-refractivity contribution in [3.8, 4) is 0 Å². The highest BCUT2D eigenvalue weighted by Crippen LogP contribution is 2.29. The van der Waals surface area contributed by atoms with E-state index in [0.29, 0.717) is 24.5 Å². The molecule has 20 heavy (non-hydrogen) atoms. The lowest BCUT2D eigenvalue weighted by Crippen LogP contribution is -2.37. The Morgan fingerprint density at radius 1 is 1.20 bits per heavy atom. The Morgan fingerprint density at radius 2 is 1.85 bits per heavy atom. The minimum Gasteiger partial charge on any atom is -0.396 e. The number of nitrogens with one attached hydrogen (secondary N) is 1. The van der Waals surface area contributed by atoms with Gasteiger partial charge in [-0.05, 0) is 62.3 Å². The molecule has 0 amide bonds. The van der Waals surface area contributed by atoms with Crippen molar-refractivity contribution < 1.29 is 5.11 Å². The van der Waals surface area contributed by atoms with Gasteiger partial charge in [-0.25, -0.2) is 0 Å². The first-order valence-electron chi connectivity index (χ1n) is 7.77. The van der Waals surface area contributed by atoms with E-state index >= 15 is 0 Å². The molecule has 112 valence electrons. The second-order valence-corrected chi connectivity index (χ2v) is 7.04. The fraction of sp³-hybridized carbons (Fsp3) is 0.647. The lowest BCUT2D eigenvalue weighted by atomic mass is 9.79. The molecule has 2 N–H and O–H groups in total. The van der Waals surface area contributed by atoms with Gasteiger partial charge in [0.15, 0.2) is 0 Å². The summed E-state index contributed by atoms with van der Waals surface area (Å²) in [6, 6.07) is 9.05. The summed E-state index contributed by atoms with van der Waals surface area (Å²) in [6.07, 6.45) is 6.14. The van der Waals surface area contributed by atoms with Gasteiger partial charge in [0.25, 0.3) is 0 Å². The van der Waals surface area contributed by atoms with Crippen LogP contribution >= 0.6 is 15.9 Å². The van der Waals surface area contributed by atoms with Crippen LogP contribution in [-0.2, 0) is 6.42 Å². The summed E-state index contributed by atoms with van der Waals surface area (Å²) in [7, 11) is 0. The normalized spacial score (nSPS) is 24.6. The molecular weight excluding hydrogens is 314 g/mol. The highest BCUT2D eigenvalue weighted by Gasteiger charge is 2.24. The zero-order valence-corrected chi connectivity index (χ0v) is 13.9. The second-order valence-electron chi connectivity index (χ2n) is 6.13. The van der Waals surface area contributed by atoms with E-state index < -0.39 is 0 Å². The quantitative estimate of drug-likeness (QED) is 0.826. The van der Waals surface area contributed by atoms with E-state index in [4.69, 9.17) is 0 Å². The fourth-order valence-electron chi connectivity index (χ4n) is 3.19. The maximum atomic E-state index is 9.46. The predicted molar refractivity (Wildman–Crippen MR) is 87.8 cm³/mol. The number of rotatable bonds is 6. The van der Waals surface area contributed by atoms with Gasteiger partial charge in [-0.2, -0.15) is 0 Å². The van der Waals surface area contributed by atoms with Crippen molar-refractivity contribution in [1.29, 1.82) is 0 Å². The van der Waals surface area contributed by atoms with Crippen molar-refractivity contribution in [3.05, 3.63) is 34.3 Å². The van der Waals surface area contributed by atoms with Crippen LogP contribution in [0.15, 0.2) is 28.7 Å². The summed E-state index contributed by atoms with van der Waals surface area (Å²) in [5, 5.41) is 13.1. The SMILES string of the molecule is CC(Cc1ccc(Br)cc1)NCC1CCCCC1CO. The average molecular weight is 340 g/mol. The summed E-state index contributed by atoms with van der Waals surface area (Å²) in [5.74, 6) is 1.16. The lowest BCUT2D eigenvalue weighted by molar-refractivity contribution is 0.131. The molecule has 1 aromatic rings. The van der Waals surface area contributed by atoms with E-state index in [1.807, 2.05) is 0 Å². The third-order valence-corrected chi connectivity index (χ3v) is 5.01. The maximum Gasteiger partial charge on any atom is 0.0462 e. The molecule has 2 nitrogen and oxygen atoms in total. The zero-order valence-electron chi connectivity index (χ0n) is 12.3. The van der Waals surface area contributed by atoms with Crippen LogP contribution in [0.2, 0.25) is 0 Å². The number of benzene rings is 1. The molecule has 0 aliphatic heterocycles. The molecule has 3 unspecified atom stereocenters. The molecular formula is C17H26BrNO. The van der Waals surface area contributed by atoms with Crippen LogP contribution in [0.3, 0.4) is 0 Å². The first-order chi connectivity index (χ1) is 9.69. The van der Waals surface area contributed by atoms with E-state index in [-0.39, 0.29) is 0 Å². The largest absolute Gasteiger partial charge is 0.396 e. The molecule has 1 saturated carbocycles. The molecule has 0 radical (unpaired) electrons. The van der Waals surface area contributed by atoms with E-state index in [9.17, 15) is 5.11 Å². The van der Waals surface area contributed by atoms with Gasteiger partial charge in [0.05, 0.1) is 0 Å². The van der Waals surface area contributed by atoms with Gasteiger partial charge in [0, 0.05) is 17.1 Å². The van der Waals surface area contributed by atoms with Gasteiger partial charge in [-0.1, -0.05) is 40.9 Å². The minimum atomic E-state index is 0.355. The highest BCUT2D eigenvalue weighted by atomic mass is 79.9. The summed E-state index contributed by atoms with van der Waals surface area (Å²) in [6.45, 7) is 3.65. The van der Waals surface area contributed by atoms with Crippen LogP contribution in [0.25, 0.3) is 0 Å². The topological polar surface area (TPSA) is 32.3 Å². The van der Waals surface area contributed by atoms with Crippen molar-refractivity contribution in [2.24, 2.45) is 11.8 Å². The molecule has 0 bridgehead atoms. The van der Waals surface area contributed by atoms with Crippen LogP contribution in [0, 0.1) is 11.8 Å². The van der Waals surface area contributed by atoms with Crippen LogP contribution in [-0.4, -0.2) is 24.3 Å². The van der Waals surface area contributed by atoms with Gasteiger partial charge in [-0.3, -0.25) is 0 Å². The molecule has 0 saturated heterocycles. The van der Waals surface area contributed by atoms with Crippen LogP contribution in [0.1, 0.15) is 38.2 Å². The number of hydrogen-bond donors (Lipinski definition) is 2. The van der Waals surface area contributed by atoms with E-state index in [0.717, 1.165) is 17.4 Å². The Bertz CT molecular complexity index is 392. The molecule has 3 atom stereocenters. The first-order valence-corrected chi connectivity index (χ1v) is 8.57. The van der Waals surface area contributed by atoms with Gasteiger partial charge in [-0.15, -0.1) is 0 Å². The monoisotopic (exact) mass is 339 g/mol. The summed E-state index contributed by atoms with van der Waals surface area (Å²) in [4.78, 5) is 0. The molecule has 1 fully saturated rings. The third kappa shape index (κ3) is 4.87. The Balaban J connectivity index is 1.76. The Morgan fingerprint density at radius 3 is 2.50 bits per heavy atom. The van der Waals surface area contributed by atoms with E-state index in [1.165, 1.54) is 31.2 Å². The summed E-state index contributed by atoms with van der Waals surface area (Å²) >= 11 is 3.47. The molecule has 1 aliphatic carbocycles. The van der Waals surface area contributed by atoms with Gasteiger partial charge in [0.2, 0.25) is 0 Å². The molecule has 1 aliphatic rings. The number of halogens is 1. The van der Waals surface area contributed by atoms with Gasteiger partial charge in [0.1, 0.15) is 0 Å². The Kier molecular flexibility index (Phi) is 6.53. The molecule has 2 rings (SSSR count). The molecule has 3 heteroatoms. The van der Waals surface area contributed by atoms with Crippen molar-refractivity contribution in [1.82, 2.24) is 5.32 Å². The number of aliphatic hydroxyl groups excluding tert-OH is 1. The van der Waals surface area contributed by atoms with Crippen LogP contribution < -0.4 is 5.32 Å². The van der Waals surface area contributed by atoms with E-state index in [2.05, 4.69) is 52.4 Å². The van der Waals surface area contributed by atoms with Crippen molar-refractivity contribution in [2.45, 2.75) is 45.1 Å². The number of aliphatic hydroxyl groups is 1. The third-order valence-electron chi connectivity index (χ3n) is 4.48. The standard InChI is InChI=1S/C17H26BrNO/c1-13(10-14-6-8-17(18)9-7-14)19-11-15-4-2-3-5-16(15)12-20/h6-9,13,15-16,19-20H,2-5,10-12H2,1H3. The molecule has 0 spiro atoms. The predicted octanol–water partition coefficient (Wildman–Crippen LogP) is 3.77. The van der Waals surface area contributed by atoms with Crippen LogP contribution in [0.5, 0.6) is 0 Å². The Labute approximate surface area is 131 Å². The highest BCUT2D eigenvalue weighted by molar-refractivity contribution is 9.10. The van der Waals surface area contributed by atoms with Crippen molar-refractivity contribution in [3.63, 3.8) is 0 Å². The number of hydrogen-bond acceptors (Lipinski definition) is 2. The van der Waals surface area contributed by atoms with E-state index in [1.54, 1.807) is 0 Å².